The van der Waals surface area contributed by atoms with Gasteiger partial charge in [0.1, 0.15) is 0 Å². The van der Waals surface area contributed by atoms with E-state index in [1.54, 1.807) is 0 Å². The van der Waals surface area contributed by atoms with E-state index < -0.39 is 0 Å². The molecule has 0 bridgehead atoms. The monoisotopic (exact) mass is 264 g/mol. The van der Waals surface area contributed by atoms with Crippen molar-refractivity contribution in [2.24, 2.45) is 23.7 Å². The van der Waals surface area contributed by atoms with Crippen LogP contribution in [0, 0.1) is 23.7 Å². The summed E-state index contributed by atoms with van der Waals surface area (Å²) < 4.78 is 6.38. The van der Waals surface area contributed by atoms with Crippen LogP contribution in [0.4, 0.5) is 0 Å². The van der Waals surface area contributed by atoms with Crippen molar-refractivity contribution in [2.75, 3.05) is 0 Å². The fourth-order valence-corrected chi connectivity index (χ4v) is 3.41. The molecule has 4 unspecified atom stereocenters. The minimum Gasteiger partial charge on any atom is -0.366 e. The molecule has 4 atom stereocenters. The molecule has 1 nitrogen and oxygen atoms in total. The van der Waals surface area contributed by atoms with Crippen LogP contribution in [0.2, 0.25) is 0 Å². The van der Waals surface area contributed by atoms with Gasteiger partial charge in [-0.1, -0.05) is 51.0 Å². The van der Waals surface area contributed by atoms with E-state index in [4.69, 9.17) is 4.74 Å². The fraction of sp³-hybridized carbons (Fsp3) is 0.778. The van der Waals surface area contributed by atoms with Crippen LogP contribution in [0.1, 0.15) is 55.4 Å². The van der Waals surface area contributed by atoms with Gasteiger partial charge < -0.3 is 4.74 Å². The van der Waals surface area contributed by atoms with Gasteiger partial charge in [0.05, 0.1) is 12.2 Å². The first kappa shape index (κ1) is 16.5. The maximum Gasteiger partial charge on any atom is 0.0800 e. The Morgan fingerprint density at radius 3 is 1.26 bits per heavy atom. The number of rotatable bonds is 4. The van der Waals surface area contributed by atoms with Crippen molar-refractivity contribution in [3.8, 4) is 0 Å². The van der Waals surface area contributed by atoms with Crippen molar-refractivity contribution >= 4 is 0 Å². The van der Waals surface area contributed by atoms with Crippen LogP contribution in [0.15, 0.2) is 23.3 Å². The van der Waals surface area contributed by atoms with Crippen LogP contribution in [0.3, 0.4) is 0 Å². The summed E-state index contributed by atoms with van der Waals surface area (Å²) in [5.74, 6) is 2.55. The molecule has 0 aromatic carbocycles. The van der Waals surface area contributed by atoms with Gasteiger partial charge in [0.15, 0.2) is 0 Å². The van der Waals surface area contributed by atoms with Crippen molar-refractivity contribution in [1.29, 1.82) is 0 Å². The standard InChI is InChI=1S/C18H32O/c1-11(2)9-15-17(13(5)6)18(14(7)8)16(19-15)10-12(3)4/h9-10,13-18H,1-8H3. The van der Waals surface area contributed by atoms with Gasteiger partial charge in [-0.25, -0.2) is 0 Å². The van der Waals surface area contributed by atoms with Gasteiger partial charge in [-0.2, -0.15) is 0 Å². The van der Waals surface area contributed by atoms with Crippen LogP contribution in [-0.2, 0) is 4.74 Å². The first-order valence-corrected chi connectivity index (χ1v) is 7.69. The second-order valence-corrected chi connectivity index (χ2v) is 7.20. The van der Waals surface area contributed by atoms with Crippen LogP contribution >= 0.6 is 0 Å². The summed E-state index contributed by atoms with van der Waals surface area (Å²) in [6.45, 7) is 18.0. The van der Waals surface area contributed by atoms with Crippen molar-refractivity contribution in [3.05, 3.63) is 23.3 Å². The zero-order valence-corrected chi connectivity index (χ0v) is 14.0. The van der Waals surface area contributed by atoms with E-state index in [-0.39, 0.29) is 12.2 Å². The molecule has 1 aliphatic rings. The van der Waals surface area contributed by atoms with Gasteiger partial charge in [0.2, 0.25) is 0 Å². The lowest BCUT2D eigenvalue weighted by atomic mass is 9.73. The molecule has 0 radical (unpaired) electrons. The summed E-state index contributed by atoms with van der Waals surface area (Å²) in [7, 11) is 0. The zero-order valence-electron chi connectivity index (χ0n) is 14.0. The van der Waals surface area contributed by atoms with E-state index in [1.807, 2.05) is 0 Å². The predicted octanol–water partition coefficient (Wildman–Crippen LogP) is 5.23. The smallest absolute Gasteiger partial charge is 0.0800 e. The minimum atomic E-state index is 0.276. The average molecular weight is 264 g/mol. The molecule has 0 N–H and O–H groups in total. The number of allylic oxidation sites excluding steroid dienone is 2. The fourth-order valence-electron chi connectivity index (χ4n) is 3.41. The lowest BCUT2D eigenvalue weighted by Crippen LogP contribution is -2.29. The van der Waals surface area contributed by atoms with Crippen molar-refractivity contribution < 1.29 is 4.74 Å². The average Bonchev–Trinajstić information content (AvgIpc) is 2.53. The lowest BCUT2D eigenvalue weighted by molar-refractivity contribution is 0.0754. The second kappa shape index (κ2) is 6.74. The molecule has 0 spiro atoms. The van der Waals surface area contributed by atoms with Gasteiger partial charge >= 0.3 is 0 Å². The van der Waals surface area contributed by atoms with Crippen LogP contribution < -0.4 is 0 Å². The minimum absolute atomic E-state index is 0.276. The molecule has 110 valence electrons. The predicted molar refractivity (Wildman–Crippen MR) is 84.2 cm³/mol. The maximum atomic E-state index is 6.38. The molecule has 0 amide bonds. The zero-order chi connectivity index (χ0) is 14.7. The van der Waals surface area contributed by atoms with Gasteiger partial charge in [0, 0.05) is 0 Å². The first-order chi connectivity index (χ1) is 8.73. The normalized spacial score (nSPS) is 30.8. The van der Waals surface area contributed by atoms with Gasteiger partial charge in [-0.15, -0.1) is 0 Å². The Labute approximate surface area is 120 Å². The van der Waals surface area contributed by atoms with Crippen molar-refractivity contribution in [1.82, 2.24) is 0 Å². The van der Waals surface area contributed by atoms with E-state index in [0.717, 1.165) is 0 Å². The molecule has 0 aromatic rings. The molecule has 0 saturated carbocycles. The summed E-state index contributed by atoms with van der Waals surface area (Å²) in [6, 6.07) is 0. The quantitative estimate of drug-likeness (QED) is 0.632. The number of hydrogen-bond donors (Lipinski definition) is 0. The van der Waals surface area contributed by atoms with Crippen molar-refractivity contribution in [3.63, 3.8) is 0 Å². The SMILES string of the molecule is CC(C)=CC1OC(C=C(C)C)C(C(C)C)C1C(C)C. The van der Waals surface area contributed by atoms with E-state index in [0.29, 0.717) is 23.7 Å². The third-order valence-corrected chi connectivity index (χ3v) is 4.05. The molecule has 0 aliphatic carbocycles. The first-order valence-electron chi connectivity index (χ1n) is 7.69. The highest BCUT2D eigenvalue weighted by atomic mass is 16.5. The Bertz CT molecular complexity index is 307. The molecule has 1 heteroatoms. The van der Waals surface area contributed by atoms with Gasteiger partial charge in [-0.05, 0) is 51.4 Å². The third-order valence-electron chi connectivity index (χ3n) is 4.05. The molecule has 1 fully saturated rings. The van der Waals surface area contributed by atoms with Crippen LogP contribution in [0.25, 0.3) is 0 Å². The molecule has 1 heterocycles. The summed E-state index contributed by atoms with van der Waals surface area (Å²) >= 11 is 0. The van der Waals surface area contributed by atoms with Crippen LogP contribution in [-0.4, -0.2) is 12.2 Å². The Hall–Kier alpha value is -0.560. The molecule has 1 rings (SSSR count). The van der Waals surface area contributed by atoms with E-state index in [1.165, 1.54) is 11.1 Å². The van der Waals surface area contributed by atoms with E-state index in [2.05, 4.69) is 67.5 Å². The highest BCUT2D eigenvalue weighted by molar-refractivity contribution is 5.12. The van der Waals surface area contributed by atoms with Crippen LogP contribution in [0.5, 0.6) is 0 Å². The Balaban J connectivity index is 3.11. The summed E-state index contributed by atoms with van der Waals surface area (Å²) in [4.78, 5) is 0. The molecule has 0 aromatic heterocycles. The summed E-state index contributed by atoms with van der Waals surface area (Å²) in [6.07, 6.45) is 5.19. The highest BCUT2D eigenvalue weighted by Crippen LogP contribution is 2.43. The Morgan fingerprint density at radius 1 is 0.737 bits per heavy atom. The highest BCUT2D eigenvalue weighted by Gasteiger charge is 2.44. The lowest BCUT2D eigenvalue weighted by Gasteiger charge is -2.29. The maximum absolute atomic E-state index is 6.38. The van der Waals surface area contributed by atoms with Gasteiger partial charge in [0.25, 0.3) is 0 Å². The van der Waals surface area contributed by atoms with Gasteiger partial charge in [-0.3, -0.25) is 0 Å². The molecule has 1 saturated heterocycles. The largest absolute Gasteiger partial charge is 0.366 e. The molecule has 19 heavy (non-hydrogen) atoms. The molecular weight excluding hydrogens is 232 g/mol. The number of hydrogen-bond acceptors (Lipinski definition) is 1. The summed E-state index contributed by atoms with van der Waals surface area (Å²) in [5, 5.41) is 0. The van der Waals surface area contributed by atoms with E-state index in [9.17, 15) is 0 Å². The van der Waals surface area contributed by atoms with Crippen molar-refractivity contribution in [2.45, 2.75) is 67.6 Å². The van der Waals surface area contributed by atoms with E-state index >= 15 is 0 Å². The Kier molecular flexibility index (Phi) is 5.85. The topological polar surface area (TPSA) is 9.23 Å². The third kappa shape index (κ3) is 4.21. The second-order valence-electron chi connectivity index (χ2n) is 7.20. The Morgan fingerprint density at radius 2 is 1.05 bits per heavy atom. The molecule has 1 aliphatic heterocycles. The summed E-state index contributed by atoms with van der Waals surface area (Å²) in [5.41, 5.74) is 2.71. The number of ether oxygens (including phenoxy) is 1. The molecular formula is C18H32O.